The van der Waals surface area contributed by atoms with Crippen molar-refractivity contribution >= 4 is 54.7 Å². The van der Waals surface area contributed by atoms with Crippen LogP contribution in [0.4, 0.5) is 18.9 Å². The van der Waals surface area contributed by atoms with Crippen LogP contribution >= 0.6 is 39.0 Å². The maximum atomic E-state index is 12.3. The first-order chi connectivity index (χ1) is 9.66. The predicted octanol–water partition coefficient (Wildman–Crippen LogP) is 4.92. The van der Waals surface area contributed by atoms with E-state index < -0.39 is 15.5 Å². The molecule has 2 aromatic rings. The Bertz CT molecular complexity index is 743. The molecule has 0 saturated carbocycles. The smallest absolute Gasteiger partial charge is 0.279 e. The van der Waals surface area contributed by atoms with Gasteiger partial charge in [-0.1, -0.05) is 6.07 Å². The minimum Gasteiger partial charge on any atom is -0.279 e. The summed E-state index contributed by atoms with van der Waals surface area (Å²) in [4.78, 5) is -0.0879. The highest BCUT2D eigenvalue weighted by molar-refractivity contribution is 9.11. The number of thioether (sulfide) groups is 1. The molecule has 0 aliphatic carbocycles. The van der Waals surface area contributed by atoms with Crippen LogP contribution in [-0.4, -0.2) is 13.9 Å². The van der Waals surface area contributed by atoms with Gasteiger partial charge in [0, 0.05) is 10.6 Å². The van der Waals surface area contributed by atoms with Gasteiger partial charge in [-0.3, -0.25) is 4.72 Å². The fraction of sp³-hybridized carbons (Fsp3) is 0.0909. The second-order valence-electron chi connectivity index (χ2n) is 3.74. The molecule has 0 saturated heterocycles. The molecule has 0 amide bonds. The van der Waals surface area contributed by atoms with Crippen LogP contribution in [0.2, 0.25) is 0 Å². The number of thiophene rings is 1. The van der Waals surface area contributed by atoms with Crippen molar-refractivity contribution in [3.05, 3.63) is 40.2 Å². The Morgan fingerprint density at radius 3 is 2.48 bits per heavy atom. The van der Waals surface area contributed by atoms with Gasteiger partial charge in [0.15, 0.2) is 0 Å². The van der Waals surface area contributed by atoms with Crippen LogP contribution in [0.1, 0.15) is 0 Å². The summed E-state index contributed by atoms with van der Waals surface area (Å²) in [6.45, 7) is 0. The molecule has 0 aliphatic rings. The maximum absolute atomic E-state index is 12.3. The number of anilines is 1. The van der Waals surface area contributed by atoms with Crippen molar-refractivity contribution in [1.82, 2.24) is 0 Å². The second-order valence-corrected chi connectivity index (χ2v) is 9.25. The molecule has 21 heavy (non-hydrogen) atoms. The minimum absolute atomic E-state index is 0.0725. The normalized spacial score (nSPS) is 12.4. The van der Waals surface area contributed by atoms with Crippen molar-refractivity contribution < 1.29 is 21.6 Å². The van der Waals surface area contributed by atoms with Gasteiger partial charge in [0.05, 0.1) is 3.79 Å². The van der Waals surface area contributed by atoms with Crippen molar-refractivity contribution in [2.45, 2.75) is 14.6 Å². The molecule has 0 spiro atoms. The lowest BCUT2D eigenvalue weighted by atomic mass is 10.3. The van der Waals surface area contributed by atoms with Crippen molar-refractivity contribution in [3.8, 4) is 0 Å². The number of alkyl halides is 3. The molecule has 1 aromatic heterocycles. The van der Waals surface area contributed by atoms with E-state index in [9.17, 15) is 21.6 Å². The Kier molecular flexibility index (Phi) is 4.91. The topological polar surface area (TPSA) is 46.2 Å². The molecule has 1 N–H and O–H groups in total. The quantitative estimate of drug-likeness (QED) is 0.717. The Morgan fingerprint density at radius 2 is 1.90 bits per heavy atom. The van der Waals surface area contributed by atoms with E-state index in [2.05, 4.69) is 20.7 Å². The number of halogens is 4. The van der Waals surface area contributed by atoms with Gasteiger partial charge in [0.1, 0.15) is 4.21 Å². The van der Waals surface area contributed by atoms with Gasteiger partial charge >= 0.3 is 5.51 Å². The molecule has 2 rings (SSSR count). The molecular weight excluding hydrogens is 411 g/mol. The molecule has 0 bridgehead atoms. The van der Waals surface area contributed by atoms with Crippen molar-refractivity contribution in [2.24, 2.45) is 0 Å². The van der Waals surface area contributed by atoms with E-state index in [-0.39, 0.29) is 26.6 Å². The third-order valence-corrected chi connectivity index (χ3v) is 6.35. The van der Waals surface area contributed by atoms with Crippen LogP contribution in [0.25, 0.3) is 0 Å². The van der Waals surface area contributed by atoms with Crippen LogP contribution in [0, 0.1) is 0 Å². The van der Waals surface area contributed by atoms with Crippen LogP contribution < -0.4 is 4.72 Å². The van der Waals surface area contributed by atoms with Gasteiger partial charge in [-0.2, -0.15) is 13.2 Å². The zero-order valence-corrected chi connectivity index (χ0v) is 14.1. The lowest BCUT2D eigenvalue weighted by molar-refractivity contribution is -0.0328. The molecule has 0 atom stereocenters. The van der Waals surface area contributed by atoms with E-state index in [0.29, 0.717) is 3.79 Å². The molecule has 0 fully saturated rings. The van der Waals surface area contributed by atoms with E-state index in [4.69, 9.17) is 0 Å². The first kappa shape index (κ1) is 16.7. The average molecular weight is 418 g/mol. The molecule has 3 nitrogen and oxygen atoms in total. The monoisotopic (exact) mass is 417 g/mol. The first-order valence-electron chi connectivity index (χ1n) is 5.30. The third kappa shape index (κ3) is 4.90. The third-order valence-electron chi connectivity index (χ3n) is 2.13. The number of hydrogen-bond donors (Lipinski definition) is 1. The molecule has 0 aliphatic heterocycles. The van der Waals surface area contributed by atoms with E-state index >= 15 is 0 Å². The average Bonchev–Trinajstić information content (AvgIpc) is 2.74. The largest absolute Gasteiger partial charge is 0.446 e. The van der Waals surface area contributed by atoms with Crippen LogP contribution in [-0.2, 0) is 10.0 Å². The van der Waals surface area contributed by atoms with Crippen molar-refractivity contribution in [1.29, 1.82) is 0 Å². The van der Waals surface area contributed by atoms with Gasteiger partial charge in [-0.25, -0.2) is 8.42 Å². The van der Waals surface area contributed by atoms with Gasteiger partial charge < -0.3 is 0 Å². The predicted molar refractivity (Wildman–Crippen MR) is 81.2 cm³/mol. The van der Waals surface area contributed by atoms with Crippen LogP contribution in [0.5, 0.6) is 0 Å². The fourth-order valence-corrected chi connectivity index (χ4v) is 5.06. The Labute approximate surface area is 135 Å². The van der Waals surface area contributed by atoms with E-state index in [0.717, 1.165) is 17.4 Å². The first-order valence-corrected chi connectivity index (χ1v) is 9.21. The zero-order valence-electron chi connectivity index (χ0n) is 10.0. The lowest BCUT2D eigenvalue weighted by Gasteiger charge is -2.09. The molecule has 1 aromatic carbocycles. The Hall–Kier alpha value is -0.710. The van der Waals surface area contributed by atoms with Gasteiger partial charge in [0.2, 0.25) is 0 Å². The van der Waals surface area contributed by atoms with Crippen molar-refractivity contribution in [2.75, 3.05) is 4.72 Å². The number of hydrogen-bond acceptors (Lipinski definition) is 4. The zero-order chi connectivity index (χ0) is 15.7. The summed E-state index contributed by atoms with van der Waals surface area (Å²) >= 11 is 3.86. The van der Waals surface area contributed by atoms with E-state index in [1.54, 1.807) is 6.07 Å². The Balaban J connectivity index is 2.22. The molecular formula is C11H7BrF3NO2S3. The molecule has 0 unspecified atom stereocenters. The number of sulfonamides is 1. The summed E-state index contributed by atoms with van der Waals surface area (Å²) in [5.41, 5.74) is -4.34. The molecule has 10 heteroatoms. The van der Waals surface area contributed by atoms with Gasteiger partial charge in [-0.05, 0) is 58.0 Å². The fourth-order valence-electron chi connectivity index (χ4n) is 1.40. The molecule has 114 valence electrons. The van der Waals surface area contributed by atoms with Gasteiger partial charge in [0.25, 0.3) is 10.0 Å². The maximum Gasteiger partial charge on any atom is 0.446 e. The molecule has 0 radical (unpaired) electrons. The summed E-state index contributed by atoms with van der Waals surface area (Å²) < 4.78 is 64.0. The highest BCUT2D eigenvalue weighted by Gasteiger charge is 2.29. The van der Waals surface area contributed by atoms with E-state index in [1.807, 2.05) is 0 Å². The molecule has 1 heterocycles. The second kappa shape index (κ2) is 6.19. The summed E-state index contributed by atoms with van der Waals surface area (Å²) in [7, 11) is -3.80. The minimum atomic E-state index is -4.42. The van der Waals surface area contributed by atoms with E-state index in [1.165, 1.54) is 24.3 Å². The summed E-state index contributed by atoms with van der Waals surface area (Å²) in [5.74, 6) is 0. The standard InChI is InChI=1S/C11H7BrF3NO2S3/c12-9-4-5-10(19-9)21(17,18)16-7-2-1-3-8(6-7)20-11(13,14)15/h1-6,16H. The van der Waals surface area contributed by atoms with Gasteiger partial charge in [-0.15, -0.1) is 11.3 Å². The summed E-state index contributed by atoms with van der Waals surface area (Å²) in [6, 6.07) is 8.13. The van der Waals surface area contributed by atoms with Crippen LogP contribution in [0.15, 0.2) is 49.3 Å². The Morgan fingerprint density at radius 1 is 1.19 bits per heavy atom. The van der Waals surface area contributed by atoms with Crippen molar-refractivity contribution in [3.63, 3.8) is 0 Å². The lowest BCUT2D eigenvalue weighted by Crippen LogP contribution is -2.11. The highest BCUT2D eigenvalue weighted by atomic mass is 79.9. The highest BCUT2D eigenvalue weighted by Crippen LogP contribution is 2.38. The number of rotatable bonds is 4. The SMILES string of the molecule is O=S(=O)(Nc1cccc(SC(F)(F)F)c1)c1ccc(Br)s1. The van der Waals surface area contributed by atoms with Crippen LogP contribution in [0.3, 0.4) is 0 Å². The number of benzene rings is 1. The number of nitrogens with one attached hydrogen (secondary N) is 1. The summed E-state index contributed by atoms with van der Waals surface area (Å²) in [6.07, 6.45) is 0. The summed E-state index contributed by atoms with van der Waals surface area (Å²) in [5, 5.41) is 0.